The van der Waals surface area contributed by atoms with Gasteiger partial charge in [0.25, 0.3) is 0 Å². The van der Waals surface area contributed by atoms with Crippen molar-refractivity contribution in [2.24, 2.45) is 0 Å². The van der Waals surface area contributed by atoms with Crippen LogP contribution >= 0.6 is 11.8 Å². The molecule has 0 fully saturated rings. The second-order valence-corrected chi connectivity index (χ2v) is 6.25. The van der Waals surface area contributed by atoms with E-state index in [2.05, 4.69) is 15.6 Å². The first kappa shape index (κ1) is 17.3. The summed E-state index contributed by atoms with van der Waals surface area (Å²) >= 11 is 1.54. The summed E-state index contributed by atoms with van der Waals surface area (Å²) in [5, 5.41) is 8.83. The van der Waals surface area contributed by atoms with Gasteiger partial charge in [0.05, 0.1) is 13.2 Å². The summed E-state index contributed by atoms with van der Waals surface area (Å²) in [7, 11) is 0. The van der Waals surface area contributed by atoms with Crippen LogP contribution in [0.4, 0.5) is 4.39 Å². The molecule has 0 saturated heterocycles. The highest BCUT2D eigenvalue weighted by molar-refractivity contribution is 7.98. The molecule has 25 heavy (non-hydrogen) atoms. The largest absolute Gasteiger partial charge is 0.494 e. The molecule has 0 spiro atoms. The second kappa shape index (κ2) is 8.53. The quantitative estimate of drug-likeness (QED) is 0.620. The number of rotatable bonds is 8. The molecule has 3 rings (SSSR count). The Balaban J connectivity index is 1.55. The minimum absolute atomic E-state index is 0.228. The minimum Gasteiger partial charge on any atom is -0.494 e. The van der Waals surface area contributed by atoms with Crippen LogP contribution in [-0.4, -0.2) is 21.5 Å². The second-order valence-electron chi connectivity index (χ2n) is 5.31. The van der Waals surface area contributed by atoms with E-state index in [4.69, 9.17) is 4.74 Å². The third-order valence-corrected chi connectivity index (χ3v) is 4.50. The van der Waals surface area contributed by atoms with E-state index in [0.29, 0.717) is 18.9 Å². The number of nitrogens with one attached hydrogen (secondary N) is 1. The van der Waals surface area contributed by atoms with Crippen LogP contribution in [0.3, 0.4) is 0 Å². The number of aromatic nitrogens is 3. The van der Waals surface area contributed by atoms with Gasteiger partial charge in [-0.05, 0) is 42.3 Å². The number of halogens is 1. The maximum atomic E-state index is 12.9. The molecule has 0 unspecified atom stereocenters. The standard InChI is InChI=1S/C18H19FN4OS/c1-2-24-17-9-5-14(6-10-17)11-21-23-13-20-22-18(23)25-12-15-3-7-16(19)8-4-15/h3-10,13,21H,2,11-12H2,1H3. The normalized spacial score (nSPS) is 10.6. The zero-order valence-corrected chi connectivity index (χ0v) is 14.7. The minimum atomic E-state index is -0.228. The lowest BCUT2D eigenvalue weighted by molar-refractivity contribution is 0.340. The van der Waals surface area contributed by atoms with Gasteiger partial charge in [0.1, 0.15) is 17.9 Å². The van der Waals surface area contributed by atoms with E-state index in [1.807, 2.05) is 31.2 Å². The third-order valence-electron chi connectivity index (χ3n) is 3.49. The molecule has 0 radical (unpaired) electrons. The van der Waals surface area contributed by atoms with Crippen molar-refractivity contribution in [2.45, 2.75) is 24.4 Å². The summed E-state index contributed by atoms with van der Waals surface area (Å²) < 4.78 is 20.2. The highest BCUT2D eigenvalue weighted by atomic mass is 32.2. The zero-order chi connectivity index (χ0) is 17.5. The molecule has 1 N–H and O–H groups in total. The zero-order valence-electron chi connectivity index (χ0n) is 13.9. The van der Waals surface area contributed by atoms with Gasteiger partial charge in [0, 0.05) is 5.75 Å². The summed E-state index contributed by atoms with van der Waals surface area (Å²) in [6.07, 6.45) is 1.64. The van der Waals surface area contributed by atoms with E-state index >= 15 is 0 Å². The third kappa shape index (κ3) is 4.96. The number of benzene rings is 2. The van der Waals surface area contributed by atoms with Crippen LogP contribution in [0.5, 0.6) is 5.75 Å². The fourth-order valence-corrected chi connectivity index (χ4v) is 3.05. The Hall–Kier alpha value is -2.54. The maximum Gasteiger partial charge on any atom is 0.210 e. The predicted octanol–water partition coefficient (Wildman–Crippen LogP) is 3.85. The summed E-state index contributed by atoms with van der Waals surface area (Å²) in [4.78, 5) is 0. The molecule has 2 aromatic carbocycles. The summed E-state index contributed by atoms with van der Waals surface area (Å²) in [5.41, 5.74) is 5.44. The fourth-order valence-electron chi connectivity index (χ4n) is 2.21. The van der Waals surface area contributed by atoms with E-state index in [9.17, 15) is 4.39 Å². The van der Waals surface area contributed by atoms with Crippen LogP contribution in [0.2, 0.25) is 0 Å². The van der Waals surface area contributed by atoms with Crippen LogP contribution in [-0.2, 0) is 12.3 Å². The molecule has 0 amide bonds. The van der Waals surface area contributed by atoms with Gasteiger partial charge in [-0.1, -0.05) is 36.0 Å². The molecular weight excluding hydrogens is 339 g/mol. The number of hydrogen-bond acceptors (Lipinski definition) is 5. The van der Waals surface area contributed by atoms with Crippen LogP contribution in [0.25, 0.3) is 0 Å². The van der Waals surface area contributed by atoms with Crippen molar-refractivity contribution < 1.29 is 9.13 Å². The Morgan fingerprint density at radius 2 is 1.80 bits per heavy atom. The van der Waals surface area contributed by atoms with E-state index < -0.39 is 0 Å². The smallest absolute Gasteiger partial charge is 0.210 e. The molecule has 0 saturated carbocycles. The first-order valence-electron chi connectivity index (χ1n) is 7.97. The van der Waals surface area contributed by atoms with E-state index in [1.165, 1.54) is 12.1 Å². The lowest BCUT2D eigenvalue weighted by atomic mass is 10.2. The number of thioether (sulfide) groups is 1. The Morgan fingerprint density at radius 1 is 1.08 bits per heavy atom. The van der Waals surface area contributed by atoms with Crippen molar-refractivity contribution in [2.75, 3.05) is 12.0 Å². The van der Waals surface area contributed by atoms with Crippen molar-refractivity contribution in [3.05, 3.63) is 71.8 Å². The molecule has 0 aliphatic heterocycles. The molecule has 0 aliphatic rings. The summed E-state index contributed by atoms with van der Waals surface area (Å²) in [6.45, 7) is 3.27. The van der Waals surface area contributed by atoms with E-state index in [1.54, 1.807) is 34.9 Å². The van der Waals surface area contributed by atoms with Gasteiger partial charge in [-0.2, -0.15) is 0 Å². The van der Waals surface area contributed by atoms with Crippen LogP contribution in [0.15, 0.2) is 60.0 Å². The molecule has 5 nitrogen and oxygen atoms in total. The number of ether oxygens (including phenoxy) is 1. The lowest BCUT2D eigenvalue weighted by Gasteiger charge is -2.10. The van der Waals surface area contributed by atoms with Crippen molar-refractivity contribution >= 4 is 11.8 Å². The molecule has 0 atom stereocenters. The van der Waals surface area contributed by atoms with Crippen molar-refractivity contribution in [3.63, 3.8) is 0 Å². The molecule has 1 heterocycles. The molecule has 1 aromatic heterocycles. The Bertz CT molecular complexity index is 790. The molecule has 0 aliphatic carbocycles. The SMILES string of the molecule is CCOc1ccc(CNn2cnnc2SCc2ccc(F)cc2)cc1. The first-order chi connectivity index (χ1) is 12.2. The monoisotopic (exact) mass is 358 g/mol. The van der Waals surface area contributed by atoms with Gasteiger partial charge in [0.15, 0.2) is 0 Å². The van der Waals surface area contributed by atoms with Gasteiger partial charge < -0.3 is 10.2 Å². The van der Waals surface area contributed by atoms with E-state index in [-0.39, 0.29) is 5.82 Å². The van der Waals surface area contributed by atoms with Gasteiger partial charge in [-0.25, -0.2) is 9.07 Å². The Morgan fingerprint density at radius 3 is 2.52 bits per heavy atom. The van der Waals surface area contributed by atoms with Gasteiger partial charge in [-0.3, -0.25) is 0 Å². The van der Waals surface area contributed by atoms with Crippen molar-refractivity contribution in [1.29, 1.82) is 0 Å². The predicted molar refractivity (Wildman–Crippen MR) is 96.7 cm³/mol. The van der Waals surface area contributed by atoms with Crippen LogP contribution in [0.1, 0.15) is 18.1 Å². The van der Waals surface area contributed by atoms with Crippen molar-refractivity contribution in [1.82, 2.24) is 14.9 Å². The fraction of sp³-hybridized carbons (Fsp3) is 0.222. The molecule has 7 heteroatoms. The van der Waals surface area contributed by atoms with Crippen LogP contribution < -0.4 is 10.2 Å². The Kier molecular flexibility index (Phi) is 5.90. The number of nitrogens with zero attached hydrogens (tertiary/aromatic N) is 3. The molecule has 3 aromatic rings. The van der Waals surface area contributed by atoms with Gasteiger partial charge >= 0.3 is 0 Å². The topological polar surface area (TPSA) is 52.0 Å². The summed E-state index contributed by atoms with van der Waals surface area (Å²) in [5.74, 6) is 1.34. The Labute approximate surface area is 150 Å². The molecule has 0 bridgehead atoms. The van der Waals surface area contributed by atoms with Crippen LogP contribution in [0, 0.1) is 5.82 Å². The average Bonchev–Trinajstić information content (AvgIpc) is 3.08. The molecular formula is C18H19FN4OS. The highest BCUT2D eigenvalue weighted by Crippen LogP contribution is 2.20. The highest BCUT2D eigenvalue weighted by Gasteiger charge is 2.06. The van der Waals surface area contributed by atoms with E-state index in [0.717, 1.165) is 22.0 Å². The van der Waals surface area contributed by atoms with Gasteiger partial charge in [-0.15, -0.1) is 10.2 Å². The lowest BCUT2D eigenvalue weighted by Crippen LogP contribution is -2.14. The molecule has 130 valence electrons. The maximum absolute atomic E-state index is 12.9. The average molecular weight is 358 g/mol. The first-order valence-corrected chi connectivity index (χ1v) is 8.96. The summed E-state index contributed by atoms with van der Waals surface area (Å²) in [6, 6.07) is 14.4. The number of hydrogen-bond donors (Lipinski definition) is 1. The van der Waals surface area contributed by atoms with Crippen molar-refractivity contribution in [3.8, 4) is 5.75 Å². The van der Waals surface area contributed by atoms with Gasteiger partial charge in [0.2, 0.25) is 5.16 Å².